The molecule has 2 heterocycles. The van der Waals surface area contributed by atoms with E-state index in [4.69, 9.17) is 0 Å². The summed E-state index contributed by atoms with van der Waals surface area (Å²) in [5.41, 5.74) is 2.52. The maximum atomic E-state index is 12.5. The van der Waals surface area contributed by atoms with Gasteiger partial charge in [-0.1, -0.05) is 23.4 Å². The van der Waals surface area contributed by atoms with Crippen LogP contribution in [0.2, 0.25) is 0 Å². The van der Waals surface area contributed by atoms with Gasteiger partial charge >= 0.3 is 0 Å². The van der Waals surface area contributed by atoms with Crippen LogP contribution in [0.25, 0.3) is 0 Å². The number of nitrogens with zero attached hydrogens (tertiary/aromatic N) is 4. The van der Waals surface area contributed by atoms with Crippen LogP contribution in [-0.4, -0.2) is 53.6 Å². The third kappa shape index (κ3) is 6.59. The highest BCUT2D eigenvalue weighted by Crippen LogP contribution is 2.20. The van der Waals surface area contributed by atoms with Crippen molar-refractivity contribution in [3.63, 3.8) is 0 Å². The average Bonchev–Trinajstić information content (AvgIpc) is 3.10. The first-order valence-electron chi connectivity index (χ1n) is 9.91. The Morgan fingerprint density at radius 1 is 1.24 bits per heavy atom. The van der Waals surface area contributed by atoms with Gasteiger partial charge < -0.3 is 15.5 Å². The Morgan fingerprint density at radius 3 is 2.59 bits per heavy atom. The first kappa shape index (κ1) is 25.2. The highest BCUT2D eigenvalue weighted by molar-refractivity contribution is 5.93. The van der Waals surface area contributed by atoms with Crippen molar-refractivity contribution in [2.24, 2.45) is 0 Å². The van der Waals surface area contributed by atoms with E-state index in [0.29, 0.717) is 18.3 Å². The zero-order chi connectivity index (χ0) is 19.1. The van der Waals surface area contributed by atoms with E-state index in [-0.39, 0.29) is 30.7 Å². The van der Waals surface area contributed by atoms with Gasteiger partial charge in [-0.2, -0.15) is 0 Å². The van der Waals surface area contributed by atoms with Gasteiger partial charge in [-0.15, -0.1) is 29.9 Å². The monoisotopic (exact) mass is 442 g/mol. The smallest absolute Gasteiger partial charge is 0.273 e. The van der Waals surface area contributed by atoms with Gasteiger partial charge in [-0.3, -0.25) is 4.79 Å². The minimum absolute atomic E-state index is 0. The van der Waals surface area contributed by atoms with Gasteiger partial charge in [0, 0.05) is 25.3 Å². The summed E-state index contributed by atoms with van der Waals surface area (Å²) in [4.78, 5) is 14.8. The van der Waals surface area contributed by atoms with Crippen LogP contribution in [0, 0.1) is 6.92 Å². The van der Waals surface area contributed by atoms with Crippen LogP contribution < -0.4 is 15.5 Å². The van der Waals surface area contributed by atoms with Crippen molar-refractivity contribution in [2.75, 3.05) is 37.6 Å². The molecule has 3 rings (SSSR count). The van der Waals surface area contributed by atoms with Crippen molar-refractivity contribution in [3.05, 3.63) is 41.7 Å². The number of carbonyl (C=O) groups is 1. The van der Waals surface area contributed by atoms with Gasteiger partial charge in [0.15, 0.2) is 5.69 Å². The van der Waals surface area contributed by atoms with Crippen molar-refractivity contribution < 1.29 is 4.79 Å². The van der Waals surface area contributed by atoms with E-state index in [0.717, 1.165) is 51.1 Å². The molecule has 0 atom stereocenters. The lowest BCUT2D eigenvalue weighted by molar-refractivity contribution is 0.0947. The number of anilines is 1. The van der Waals surface area contributed by atoms with Gasteiger partial charge in [-0.05, 0) is 58.3 Å². The van der Waals surface area contributed by atoms with Crippen molar-refractivity contribution >= 4 is 36.4 Å². The van der Waals surface area contributed by atoms with Crippen LogP contribution in [0.3, 0.4) is 0 Å². The second kappa shape index (κ2) is 12.7. The number of benzene rings is 1. The molecule has 0 saturated carbocycles. The predicted octanol–water partition coefficient (Wildman–Crippen LogP) is 3.00. The van der Waals surface area contributed by atoms with Crippen molar-refractivity contribution in [3.8, 4) is 0 Å². The number of amides is 1. The summed E-state index contributed by atoms with van der Waals surface area (Å²) in [6.07, 6.45) is 2.94. The highest BCUT2D eigenvalue weighted by Gasteiger charge is 2.22. The first-order chi connectivity index (χ1) is 13.2. The third-order valence-corrected chi connectivity index (χ3v) is 5.19. The van der Waals surface area contributed by atoms with E-state index in [9.17, 15) is 4.79 Å². The average molecular weight is 443 g/mol. The van der Waals surface area contributed by atoms with E-state index in [2.05, 4.69) is 44.9 Å². The number of carbonyl (C=O) groups excluding carboxylic acids is 1. The number of hydrogen-bond donors (Lipinski definition) is 2. The number of para-hydroxylation sites is 1. The largest absolute Gasteiger partial charge is 0.372 e. The second-order valence-electron chi connectivity index (χ2n) is 6.97. The molecule has 1 aromatic carbocycles. The standard InChI is InChI=1S/C20H30N6O.2ClH/c1-3-25(17-8-5-4-6-9-17)15-7-12-22-20(27)19-16(2)26(24-23-19)18-10-13-21-14-11-18;;/h4-6,8-9,18,21H,3,7,10-15H2,1-2H3,(H,22,27);2*1H. The molecule has 29 heavy (non-hydrogen) atoms. The summed E-state index contributed by atoms with van der Waals surface area (Å²) in [7, 11) is 0. The Bertz CT molecular complexity index is 734. The van der Waals surface area contributed by atoms with Crippen LogP contribution in [0.15, 0.2) is 30.3 Å². The summed E-state index contributed by atoms with van der Waals surface area (Å²) < 4.78 is 1.92. The molecule has 0 spiro atoms. The molecular formula is C20H32Cl2N6O. The minimum atomic E-state index is -0.129. The fourth-order valence-electron chi connectivity index (χ4n) is 3.61. The molecule has 162 valence electrons. The molecule has 0 bridgehead atoms. The predicted molar refractivity (Wildman–Crippen MR) is 122 cm³/mol. The lowest BCUT2D eigenvalue weighted by atomic mass is 10.1. The van der Waals surface area contributed by atoms with Crippen molar-refractivity contribution in [2.45, 2.75) is 39.2 Å². The molecule has 1 fully saturated rings. The minimum Gasteiger partial charge on any atom is -0.372 e. The van der Waals surface area contributed by atoms with Gasteiger partial charge in [0.05, 0.1) is 11.7 Å². The fourth-order valence-corrected chi connectivity index (χ4v) is 3.61. The summed E-state index contributed by atoms with van der Waals surface area (Å²) in [6.45, 7) is 8.53. The molecule has 2 aromatic rings. The molecule has 7 nitrogen and oxygen atoms in total. The topological polar surface area (TPSA) is 75.1 Å². The van der Waals surface area contributed by atoms with Crippen LogP contribution in [-0.2, 0) is 0 Å². The Hall–Kier alpha value is -1.83. The lowest BCUT2D eigenvalue weighted by Crippen LogP contribution is -2.31. The molecule has 1 aliphatic heterocycles. The van der Waals surface area contributed by atoms with Gasteiger partial charge in [0.1, 0.15) is 0 Å². The summed E-state index contributed by atoms with van der Waals surface area (Å²) in [5, 5.41) is 14.7. The molecule has 1 aliphatic rings. The van der Waals surface area contributed by atoms with Crippen molar-refractivity contribution in [1.29, 1.82) is 0 Å². The van der Waals surface area contributed by atoms with Crippen LogP contribution in [0.1, 0.15) is 48.4 Å². The van der Waals surface area contributed by atoms with E-state index >= 15 is 0 Å². The summed E-state index contributed by atoms with van der Waals surface area (Å²) in [6, 6.07) is 10.7. The normalized spacial score (nSPS) is 13.9. The number of piperidine rings is 1. The maximum Gasteiger partial charge on any atom is 0.273 e. The summed E-state index contributed by atoms with van der Waals surface area (Å²) >= 11 is 0. The number of hydrogen-bond acceptors (Lipinski definition) is 5. The number of aromatic nitrogens is 3. The van der Waals surface area contributed by atoms with Crippen molar-refractivity contribution in [1.82, 2.24) is 25.6 Å². The molecule has 0 aliphatic carbocycles. The molecule has 2 N–H and O–H groups in total. The first-order valence-corrected chi connectivity index (χ1v) is 9.91. The SMILES string of the molecule is CCN(CCCNC(=O)c1nnn(C2CCNCC2)c1C)c1ccccc1.Cl.Cl. The zero-order valence-corrected chi connectivity index (χ0v) is 18.8. The molecule has 9 heteroatoms. The Labute approximate surface area is 185 Å². The third-order valence-electron chi connectivity index (χ3n) is 5.19. The number of halogens is 2. The fraction of sp³-hybridized carbons (Fsp3) is 0.550. The van der Waals surface area contributed by atoms with Gasteiger partial charge in [0.2, 0.25) is 0 Å². The lowest BCUT2D eigenvalue weighted by Gasteiger charge is -2.23. The Kier molecular flexibility index (Phi) is 11.0. The summed E-state index contributed by atoms with van der Waals surface area (Å²) in [5.74, 6) is -0.129. The molecular weight excluding hydrogens is 411 g/mol. The highest BCUT2D eigenvalue weighted by atomic mass is 35.5. The molecule has 0 radical (unpaired) electrons. The van der Waals surface area contributed by atoms with E-state index in [1.165, 1.54) is 5.69 Å². The Balaban J connectivity index is 0.00000210. The molecule has 1 amide bonds. The molecule has 0 unspecified atom stereocenters. The number of nitrogens with one attached hydrogen (secondary N) is 2. The zero-order valence-electron chi connectivity index (χ0n) is 17.1. The van der Waals surface area contributed by atoms with E-state index in [1.807, 2.05) is 29.8 Å². The number of rotatable bonds is 8. The maximum absolute atomic E-state index is 12.5. The Morgan fingerprint density at radius 2 is 1.93 bits per heavy atom. The second-order valence-corrected chi connectivity index (χ2v) is 6.97. The van der Waals surface area contributed by atoms with E-state index in [1.54, 1.807) is 0 Å². The van der Waals surface area contributed by atoms with Gasteiger partial charge in [0.25, 0.3) is 5.91 Å². The van der Waals surface area contributed by atoms with Crippen LogP contribution in [0.4, 0.5) is 5.69 Å². The van der Waals surface area contributed by atoms with E-state index < -0.39 is 0 Å². The molecule has 1 saturated heterocycles. The van der Waals surface area contributed by atoms with Gasteiger partial charge in [-0.25, -0.2) is 4.68 Å². The quantitative estimate of drug-likeness (QED) is 0.614. The van der Waals surface area contributed by atoms with Crippen LogP contribution >= 0.6 is 24.8 Å². The molecule has 1 aromatic heterocycles. The van der Waals surface area contributed by atoms with Crippen LogP contribution in [0.5, 0.6) is 0 Å².